The normalized spacial score (nSPS) is 17.2. The van der Waals surface area contributed by atoms with Crippen LogP contribution in [0.15, 0.2) is 29.8 Å². The van der Waals surface area contributed by atoms with Crippen LogP contribution in [0.1, 0.15) is 49.7 Å². The van der Waals surface area contributed by atoms with E-state index >= 15 is 0 Å². The largest absolute Gasteiger partial charge is 0.373 e. The standard InChI is InChI=1S/C19H23N3O3/c20-10-6-2-1-3-9-17(23)22-18(24)12-16(19(22)25)11-14-7-4-5-8-15(14)13-21/h4-5,7-8,11,17,23H,1-3,6,9-10,12,20H2/b16-11+. The van der Waals surface area contributed by atoms with Gasteiger partial charge in [0.15, 0.2) is 0 Å². The van der Waals surface area contributed by atoms with Gasteiger partial charge in [-0.3, -0.25) is 14.5 Å². The number of nitrogens with two attached hydrogens (primary N) is 1. The zero-order chi connectivity index (χ0) is 18.2. The smallest absolute Gasteiger partial charge is 0.259 e. The Bertz CT molecular complexity index is 706. The molecule has 1 aliphatic rings. The van der Waals surface area contributed by atoms with Gasteiger partial charge in [-0.25, -0.2) is 0 Å². The first-order valence-electron chi connectivity index (χ1n) is 8.52. The summed E-state index contributed by atoms with van der Waals surface area (Å²) in [6.45, 7) is 0.643. The Morgan fingerprint density at radius 2 is 1.96 bits per heavy atom. The summed E-state index contributed by atoms with van der Waals surface area (Å²) in [6.07, 6.45) is 4.32. The number of hydrogen-bond acceptors (Lipinski definition) is 5. The molecular weight excluding hydrogens is 318 g/mol. The maximum Gasteiger partial charge on any atom is 0.259 e. The summed E-state index contributed by atoms with van der Waals surface area (Å²) >= 11 is 0. The van der Waals surface area contributed by atoms with Gasteiger partial charge < -0.3 is 10.8 Å². The van der Waals surface area contributed by atoms with E-state index in [9.17, 15) is 14.7 Å². The molecule has 132 valence electrons. The number of unbranched alkanes of at least 4 members (excludes halogenated alkanes) is 3. The molecule has 2 amide bonds. The van der Waals surface area contributed by atoms with E-state index in [0.717, 1.165) is 30.6 Å². The Balaban J connectivity index is 2.04. The van der Waals surface area contributed by atoms with Gasteiger partial charge in [-0.2, -0.15) is 5.26 Å². The Morgan fingerprint density at radius 3 is 2.68 bits per heavy atom. The van der Waals surface area contributed by atoms with Gasteiger partial charge in [-0.1, -0.05) is 31.0 Å². The second-order valence-corrected chi connectivity index (χ2v) is 6.09. The predicted molar refractivity (Wildman–Crippen MR) is 93.8 cm³/mol. The number of amides is 2. The molecule has 6 nitrogen and oxygen atoms in total. The van der Waals surface area contributed by atoms with Crippen molar-refractivity contribution in [2.45, 2.75) is 44.8 Å². The van der Waals surface area contributed by atoms with Crippen LogP contribution in [0.2, 0.25) is 0 Å². The van der Waals surface area contributed by atoms with Crippen LogP contribution in [0, 0.1) is 11.3 Å². The summed E-state index contributed by atoms with van der Waals surface area (Å²) in [5.41, 5.74) is 6.77. The van der Waals surface area contributed by atoms with Gasteiger partial charge >= 0.3 is 0 Å². The molecule has 3 N–H and O–H groups in total. The molecule has 25 heavy (non-hydrogen) atoms. The van der Waals surface area contributed by atoms with E-state index in [1.54, 1.807) is 30.3 Å². The maximum absolute atomic E-state index is 12.5. The van der Waals surface area contributed by atoms with Crippen molar-refractivity contribution in [2.75, 3.05) is 6.54 Å². The third kappa shape index (κ3) is 4.75. The van der Waals surface area contributed by atoms with E-state index in [0.29, 0.717) is 29.7 Å². The molecule has 1 atom stereocenters. The van der Waals surface area contributed by atoms with E-state index in [2.05, 4.69) is 6.07 Å². The summed E-state index contributed by atoms with van der Waals surface area (Å²) in [5.74, 6) is -0.882. The Kier molecular flexibility index (Phi) is 6.87. The average Bonchev–Trinajstić information content (AvgIpc) is 2.88. The summed E-state index contributed by atoms with van der Waals surface area (Å²) < 4.78 is 0. The quantitative estimate of drug-likeness (QED) is 0.427. The first-order valence-corrected chi connectivity index (χ1v) is 8.52. The molecule has 1 aromatic rings. The number of hydrogen-bond donors (Lipinski definition) is 2. The predicted octanol–water partition coefficient (Wildman–Crippen LogP) is 1.93. The number of nitrogens with zero attached hydrogens (tertiary/aromatic N) is 2. The van der Waals surface area contributed by atoms with Crippen LogP contribution < -0.4 is 5.73 Å². The topological polar surface area (TPSA) is 107 Å². The van der Waals surface area contributed by atoms with Crippen molar-refractivity contribution in [3.63, 3.8) is 0 Å². The number of carbonyl (C=O) groups excluding carboxylic acids is 2. The second kappa shape index (κ2) is 9.11. The highest BCUT2D eigenvalue weighted by atomic mass is 16.3. The van der Waals surface area contributed by atoms with Crippen LogP contribution in [0.3, 0.4) is 0 Å². The third-order valence-electron chi connectivity index (χ3n) is 4.23. The first kappa shape index (κ1) is 18.8. The van der Waals surface area contributed by atoms with Gasteiger partial charge in [0.2, 0.25) is 5.91 Å². The van der Waals surface area contributed by atoms with Crippen LogP contribution in [0.4, 0.5) is 0 Å². The number of likely N-dealkylation sites (tertiary alicyclic amines) is 1. The first-order chi connectivity index (χ1) is 12.1. The minimum atomic E-state index is -1.10. The van der Waals surface area contributed by atoms with Gasteiger partial charge in [0, 0.05) is 5.57 Å². The molecule has 1 aromatic carbocycles. The number of nitriles is 1. The molecular formula is C19H23N3O3. The summed E-state index contributed by atoms with van der Waals surface area (Å²) in [6, 6.07) is 8.94. The molecule has 1 heterocycles. The van der Waals surface area contributed by atoms with Gasteiger partial charge in [-0.15, -0.1) is 0 Å². The monoisotopic (exact) mass is 341 g/mol. The molecule has 6 heteroatoms. The van der Waals surface area contributed by atoms with Gasteiger partial charge in [0.05, 0.1) is 18.1 Å². The Hall–Kier alpha value is -2.49. The fourth-order valence-corrected chi connectivity index (χ4v) is 2.87. The minimum absolute atomic E-state index is 0.0527. The van der Waals surface area contributed by atoms with Crippen LogP contribution in [-0.4, -0.2) is 34.6 Å². The number of aliphatic hydroxyl groups is 1. The van der Waals surface area contributed by atoms with E-state index in [-0.39, 0.29) is 6.42 Å². The highest BCUT2D eigenvalue weighted by Gasteiger charge is 2.37. The van der Waals surface area contributed by atoms with Crippen molar-refractivity contribution in [1.82, 2.24) is 4.90 Å². The van der Waals surface area contributed by atoms with Crippen molar-refractivity contribution >= 4 is 17.9 Å². The fraction of sp³-hybridized carbons (Fsp3) is 0.421. The Labute approximate surface area is 147 Å². The fourth-order valence-electron chi connectivity index (χ4n) is 2.87. The maximum atomic E-state index is 12.5. The summed E-state index contributed by atoms with van der Waals surface area (Å²) in [5, 5.41) is 19.3. The van der Waals surface area contributed by atoms with Crippen LogP contribution >= 0.6 is 0 Å². The second-order valence-electron chi connectivity index (χ2n) is 6.09. The lowest BCUT2D eigenvalue weighted by Crippen LogP contribution is -2.39. The van der Waals surface area contributed by atoms with Crippen molar-refractivity contribution in [3.05, 3.63) is 41.0 Å². The lowest BCUT2D eigenvalue weighted by atomic mass is 10.0. The van der Waals surface area contributed by atoms with Crippen LogP contribution in [0.5, 0.6) is 0 Å². The highest BCUT2D eigenvalue weighted by Crippen LogP contribution is 2.25. The van der Waals surface area contributed by atoms with Crippen molar-refractivity contribution in [3.8, 4) is 6.07 Å². The van der Waals surface area contributed by atoms with Crippen LogP contribution in [0.25, 0.3) is 6.08 Å². The Morgan fingerprint density at radius 1 is 1.24 bits per heavy atom. The van der Waals surface area contributed by atoms with E-state index in [1.165, 1.54) is 0 Å². The van der Waals surface area contributed by atoms with Crippen LogP contribution in [-0.2, 0) is 9.59 Å². The number of aliphatic hydroxyl groups excluding tert-OH is 1. The molecule has 1 aliphatic heterocycles. The molecule has 0 spiro atoms. The summed E-state index contributed by atoms with van der Waals surface area (Å²) in [7, 11) is 0. The minimum Gasteiger partial charge on any atom is -0.373 e. The third-order valence-corrected chi connectivity index (χ3v) is 4.23. The molecule has 0 aliphatic carbocycles. The van der Waals surface area contributed by atoms with Gasteiger partial charge in [-0.05, 0) is 43.5 Å². The molecule has 1 fully saturated rings. The van der Waals surface area contributed by atoms with Gasteiger partial charge in [0.25, 0.3) is 5.91 Å². The number of carbonyl (C=O) groups is 2. The number of imide groups is 1. The lowest BCUT2D eigenvalue weighted by molar-refractivity contribution is -0.148. The molecule has 0 bridgehead atoms. The van der Waals surface area contributed by atoms with Gasteiger partial charge in [0.1, 0.15) is 6.23 Å². The zero-order valence-corrected chi connectivity index (χ0v) is 14.1. The molecule has 0 saturated carbocycles. The lowest BCUT2D eigenvalue weighted by Gasteiger charge is -2.20. The molecule has 0 aromatic heterocycles. The number of benzene rings is 1. The molecule has 0 radical (unpaired) electrons. The van der Waals surface area contributed by atoms with E-state index in [1.807, 2.05) is 0 Å². The van der Waals surface area contributed by atoms with Crippen molar-refractivity contribution < 1.29 is 14.7 Å². The molecule has 1 saturated heterocycles. The highest BCUT2D eigenvalue weighted by molar-refractivity contribution is 6.15. The number of rotatable bonds is 8. The van der Waals surface area contributed by atoms with E-state index < -0.39 is 18.0 Å². The zero-order valence-electron chi connectivity index (χ0n) is 14.1. The van der Waals surface area contributed by atoms with Crippen molar-refractivity contribution in [2.24, 2.45) is 5.73 Å². The van der Waals surface area contributed by atoms with E-state index in [4.69, 9.17) is 11.0 Å². The SMILES string of the molecule is N#Cc1ccccc1/C=C1\CC(=O)N(C(O)CCCCCCN)C1=O. The summed E-state index contributed by atoms with van der Waals surface area (Å²) in [4.78, 5) is 25.5. The molecule has 1 unspecified atom stereocenters. The molecule has 2 rings (SSSR count). The van der Waals surface area contributed by atoms with Crippen molar-refractivity contribution in [1.29, 1.82) is 5.26 Å². The average molecular weight is 341 g/mol.